The van der Waals surface area contributed by atoms with E-state index in [1.165, 1.54) is 0 Å². The standard InChI is InChI=1S/C20H30F3N3O2S/c1-4-29-19(7-9-27-10-8-19)13-26-18(24-3)25-12-16-6-5-15(2)11-17(16)28-14-20(21,22)23/h5-6,11H,4,7-10,12-14H2,1-3H3,(H2,24,25,26). The smallest absolute Gasteiger partial charge is 0.422 e. The first-order chi connectivity index (χ1) is 13.8. The van der Waals surface area contributed by atoms with Crippen molar-refractivity contribution in [3.63, 3.8) is 0 Å². The van der Waals surface area contributed by atoms with E-state index in [2.05, 4.69) is 22.5 Å². The van der Waals surface area contributed by atoms with Gasteiger partial charge in [-0.25, -0.2) is 0 Å². The average Bonchev–Trinajstić information content (AvgIpc) is 2.68. The Kier molecular flexibility index (Phi) is 8.95. The third-order valence-electron chi connectivity index (χ3n) is 4.72. The van der Waals surface area contributed by atoms with Crippen LogP contribution in [0.25, 0.3) is 0 Å². The minimum absolute atomic E-state index is 0.107. The Bertz CT molecular complexity index is 672. The van der Waals surface area contributed by atoms with Crippen LogP contribution in [-0.2, 0) is 11.3 Å². The predicted octanol–water partition coefficient (Wildman–Crippen LogP) is 3.90. The number of aliphatic imine (C=N–C) groups is 1. The monoisotopic (exact) mass is 433 g/mol. The third-order valence-corrected chi connectivity index (χ3v) is 6.17. The van der Waals surface area contributed by atoms with Crippen LogP contribution < -0.4 is 15.4 Å². The molecule has 0 aliphatic carbocycles. The van der Waals surface area contributed by atoms with Crippen LogP contribution in [0.1, 0.15) is 30.9 Å². The van der Waals surface area contributed by atoms with Gasteiger partial charge in [-0.05, 0) is 37.1 Å². The molecule has 0 atom stereocenters. The molecule has 0 saturated carbocycles. The van der Waals surface area contributed by atoms with E-state index in [0.717, 1.165) is 43.9 Å². The zero-order chi connectivity index (χ0) is 21.3. The molecular weight excluding hydrogens is 403 g/mol. The van der Waals surface area contributed by atoms with Gasteiger partial charge in [0.1, 0.15) is 5.75 Å². The summed E-state index contributed by atoms with van der Waals surface area (Å²) in [6, 6.07) is 5.24. The van der Waals surface area contributed by atoms with Crippen molar-refractivity contribution in [2.75, 3.05) is 39.2 Å². The van der Waals surface area contributed by atoms with Crippen molar-refractivity contribution in [2.24, 2.45) is 4.99 Å². The summed E-state index contributed by atoms with van der Waals surface area (Å²) in [5.74, 6) is 1.86. The van der Waals surface area contributed by atoms with E-state index in [4.69, 9.17) is 9.47 Å². The van der Waals surface area contributed by atoms with E-state index in [1.54, 1.807) is 19.2 Å². The predicted molar refractivity (Wildman–Crippen MR) is 112 cm³/mol. The van der Waals surface area contributed by atoms with Gasteiger partial charge < -0.3 is 20.1 Å². The molecule has 1 fully saturated rings. The van der Waals surface area contributed by atoms with Crippen molar-refractivity contribution in [3.8, 4) is 5.75 Å². The average molecular weight is 434 g/mol. The maximum Gasteiger partial charge on any atom is 0.422 e. The van der Waals surface area contributed by atoms with Gasteiger partial charge in [0.25, 0.3) is 0 Å². The molecule has 0 unspecified atom stereocenters. The Morgan fingerprint density at radius 2 is 2.00 bits per heavy atom. The molecular formula is C20H30F3N3O2S. The number of guanidine groups is 1. The number of nitrogens with one attached hydrogen (secondary N) is 2. The Morgan fingerprint density at radius 3 is 2.62 bits per heavy atom. The molecule has 1 aliphatic rings. The highest BCUT2D eigenvalue weighted by molar-refractivity contribution is 8.00. The second kappa shape index (κ2) is 11.0. The van der Waals surface area contributed by atoms with E-state index < -0.39 is 12.8 Å². The fraction of sp³-hybridized carbons (Fsp3) is 0.650. The number of aryl methyl sites for hydroxylation is 1. The van der Waals surface area contributed by atoms with Crippen LogP contribution in [0, 0.1) is 6.92 Å². The normalized spacial score (nSPS) is 17.1. The highest BCUT2D eigenvalue weighted by atomic mass is 32.2. The molecule has 0 radical (unpaired) electrons. The second-order valence-corrected chi connectivity index (χ2v) is 8.75. The third kappa shape index (κ3) is 7.97. The van der Waals surface area contributed by atoms with Gasteiger partial charge in [0.2, 0.25) is 0 Å². The van der Waals surface area contributed by atoms with Gasteiger partial charge in [-0.1, -0.05) is 19.1 Å². The van der Waals surface area contributed by atoms with Crippen LogP contribution in [0.5, 0.6) is 5.75 Å². The van der Waals surface area contributed by atoms with Crippen molar-refractivity contribution < 1.29 is 22.6 Å². The van der Waals surface area contributed by atoms with E-state index in [1.807, 2.05) is 24.8 Å². The van der Waals surface area contributed by atoms with Gasteiger partial charge in [-0.15, -0.1) is 0 Å². The lowest BCUT2D eigenvalue weighted by molar-refractivity contribution is -0.153. The van der Waals surface area contributed by atoms with Crippen molar-refractivity contribution in [1.82, 2.24) is 10.6 Å². The summed E-state index contributed by atoms with van der Waals surface area (Å²) in [6.07, 6.45) is -2.42. The van der Waals surface area contributed by atoms with Crippen molar-refractivity contribution in [2.45, 2.75) is 44.2 Å². The molecule has 164 valence electrons. The molecule has 1 aliphatic heterocycles. The molecule has 1 heterocycles. The van der Waals surface area contributed by atoms with Gasteiger partial charge in [0.05, 0.1) is 0 Å². The van der Waals surface area contributed by atoms with Crippen LogP contribution in [-0.4, -0.2) is 56.0 Å². The summed E-state index contributed by atoms with van der Waals surface area (Å²) in [4.78, 5) is 4.24. The summed E-state index contributed by atoms with van der Waals surface area (Å²) >= 11 is 1.93. The van der Waals surface area contributed by atoms with E-state index in [9.17, 15) is 13.2 Å². The maximum absolute atomic E-state index is 12.5. The van der Waals surface area contributed by atoms with Crippen LogP contribution >= 0.6 is 11.8 Å². The van der Waals surface area contributed by atoms with Gasteiger partial charge in [0.15, 0.2) is 12.6 Å². The molecule has 0 amide bonds. The Morgan fingerprint density at radius 1 is 1.28 bits per heavy atom. The number of nitrogens with zero attached hydrogens (tertiary/aromatic N) is 1. The lowest BCUT2D eigenvalue weighted by atomic mass is 9.99. The Labute approximate surface area is 174 Å². The summed E-state index contributed by atoms with van der Waals surface area (Å²) in [7, 11) is 1.68. The minimum atomic E-state index is -4.37. The second-order valence-electron chi connectivity index (χ2n) is 7.02. The SMILES string of the molecule is CCSC1(CNC(=NC)NCc2ccc(C)cc2OCC(F)(F)F)CCOCC1. The lowest BCUT2D eigenvalue weighted by Gasteiger charge is -2.37. The molecule has 0 bridgehead atoms. The zero-order valence-electron chi connectivity index (χ0n) is 17.2. The first-order valence-corrected chi connectivity index (χ1v) is 10.7. The van der Waals surface area contributed by atoms with Crippen LogP contribution in [0.3, 0.4) is 0 Å². The maximum atomic E-state index is 12.5. The number of halogens is 3. The number of rotatable bonds is 8. The van der Waals surface area contributed by atoms with E-state index >= 15 is 0 Å². The molecule has 5 nitrogen and oxygen atoms in total. The first kappa shape index (κ1) is 23.7. The Hall–Kier alpha value is -1.61. The summed E-state index contributed by atoms with van der Waals surface area (Å²) < 4.78 is 48.2. The summed E-state index contributed by atoms with van der Waals surface area (Å²) in [5, 5.41) is 6.54. The quantitative estimate of drug-likeness (QED) is 0.481. The number of thioether (sulfide) groups is 1. The minimum Gasteiger partial charge on any atom is -0.484 e. The first-order valence-electron chi connectivity index (χ1n) is 9.72. The molecule has 29 heavy (non-hydrogen) atoms. The fourth-order valence-electron chi connectivity index (χ4n) is 3.17. The van der Waals surface area contributed by atoms with Crippen molar-refractivity contribution in [3.05, 3.63) is 29.3 Å². The lowest BCUT2D eigenvalue weighted by Crippen LogP contribution is -2.48. The summed E-state index contributed by atoms with van der Waals surface area (Å²) in [6.45, 7) is 5.22. The van der Waals surface area contributed by atoms with E-state index in [0.29, 0.717) is 18.1 Å². The van der Waals surface area contributed by atoms with Crippen LogP contribution in [0.4, 0.5) is 13.2 Å². The molecule has 0 aromatic heterocycles. The highest BCUT2D eigenvalue weighted by Gasteiger charge is 2.33. The van der Waals surface area contributed by atoms with Gasteiger partial charge >= 0.3 is 6.18 Å². The number of alkyl halides is 3. The van der Waals surface area contributed by atoms with Gasteiger partial charge in [0, 0.05) is 43.7 Å². The van der Waals surface area contributed by atoms with Gasteiger partial charge in [-0.2, -0.15) is 24.9 Å². The fourth-order valence-corrected chi connectivity index (χ4v) is 4.41. The number of ether oxygens (including phenoxy) is 2. The van der Waals surface area contributed by atoms with Crippen molar-refractivity contribution in [1.29, 1.82) is 0 Å². The van der Waals surface area contributed by atoms with Crippen molar-refractivity contribution >= 4 is 17.7 Å². The molecule has 0 spiro atoms. The van der Waals surface area contributed by atoms with Crippen LogP contribution in [0.2, 0.25) is 0 Å². The molecule has 2 N–H and O–H groups in total. The molecule has 1 aromatic carbocycles. The molecule has 9 heteroatoms. The molecule has 1 saturated heterocycles. The van der Waals surface area contributed by atoms with Crippen LogP contribution in [0.15, 0.2) is 23.2 Å². The number of hydrogen-bond acceptors (Lipinski definition) is 4. The van der Waals surface area contributed by atoms with E-state index in [-0.39, 0.29) is 10.5 Å². The molecule has 1 aromatic rings. The Balaban J connectivity index is 1.96. The van der Waals surface area contributed by atoms with Gasteiger partial charge in [-0.3, -0.25) is 4.99 Å². The largest absolute Gasteiger partial charge is 0.484 e. The highest BCUT2D eigenvalue weighted by Crippen LogP contribution is 2.34. The summed E-state index contributed by atoms with van der Waals surface area (Å²) in [5.41, 5.74) is 1.48. The number of benzene rings is 1. The topological polar surface area (TPSA) is 54.9 Å². The zero-order valence-corrected chi connectivity index (χ0v) is 18.0. The molecule has 2 rings (SSSR count). The number of hydrogen-bond donors (Lipinski definition) is 2.